The standard InChI is InChI=1S/C14H17BrN2O2S/c1-10(8-15)9-17-20(18,19)13-6-5-11(2)14-12(13)4-3-7-16-14/h3-7,10,17H,8-9H2,1-2H3. The van der Waals surface area contributed by atoms with Crippen molar-refractivity contribution in [3.63, 3.8) is 0 Å². The van der Waals surface area contributed by atoms with E-state index in [1.807, 2.05) is 13.8 Å². The number of nitrogens with zero attached hydrogens (tertiary/aromatic N) is 1. The number of halogens is 1. The van der Waals surface area contributed by atoms with E-state index in [0.717, 1.165) is 16.4 Å². The van der Waals surface area contributed by atoms with Crippen LogP contribution in [0.25, 0.3) is 10.9 Å². The molecule has 0 aliphatic rings. The highest BCUT2D eigenvalue weighted by Crippen LogP contribution is 2.24. The summed E-state index contributed by atoms with van der Waals surface area (Å²) in [6, 6.07) is 6.97. The van der Waals surface area contributed by atoms with E-state index in [-0.39, 0.29) is 10.8 Å². The van der Waals surface area contributed by atoms with Crippen LogP contribution in [0.3, 0.4) is 0 Å². The summed E-state index contributed by atoms with van der Waals surface area (Å²) in [4.78, 5) is 4.55. The summed E-state index contributed by atoms with van der Waals surface area (Å²) in [5, 5.41) is 1.41. The molecule has 2 aromatic rings. The molecule has 0 radical (unpaired) electrons. The van der Waals surface area contributed by atoms with Crippen molar-refractivity contribution in [3.05, 3.63) is 36.0 Å². The van der Waals surface area contributed by atoms with Crippen LogP contribution < -0.4 is 4.72 Å². The number of hydrogen-bond donors (Lipinski definition) is 1. The fourth-order valence-electron chi connectivity index (χ4n) is 1.91. The third-order valence-electron chi connectivity index (χ3n) is 3.11. The van der Waals surface area contributed by atoms with E-state index in [0.29, 0.717) is 11.9 Å². The molecule has 1 N–H and O–H groups in total. The molecule has 2 rings (SSSR count). The SMILES string of the molecule is Cc1ccc(S(=O)(=O)NCC(C)CBr)c2cccnc12. The van der Waals surface area contributed by atoms with E-state index in [1.165, 1.54) is 0 Å². The van der Waals surface area contributed by atoms with Crippen LogP contribution in [0, 0.1) is 12.8 Å². The molecule has 4 nitrogen and oxygen atoms in total. The van der Waals surface area contributed by atoms with Gasteiger partial charge in [0.15, 0.2) is 0 Å². The smallest absolute Gasteiger partial charge is 0.241 e. The average molecular weight is 357 g/mol. The number of fused-ring (bicyclic) bond motifs is 1. The van der Waals surface area contributed by atoms with Crippen molar-refractivity contribution in [2.24, 2.45) is 5.92 Å². The quantitative estimate of drug-likeness (QED) is 0.838. The molecule has 1 atom stereocenters. The maximum absolute atomic E-state index is 12.4. The molecule has 0 aliphatic carbocycles. The lowest BCUT2D eigenvalue weighted by molar-refractivity contribution is 0.564. The van der Waals surface area contributed by atoms with Crippen molar-refractivity contribution in [1.29, 1.82) is 0 Å². The summed E-state index contributed by atoms with van der Waals surface area (Å²) in [6.07, 6.45) is 1.67. The molecule has 108 valence electrons. The molecule has 0 fully saturated rings. The van der Waals surface area contributed by atoms with Crippen LogP contribution in [-0.2, 0) is 10.0 Å². The average Bonchev–Trinajstić information content (AvgIpc) is 2.45. The van der Waals surface area contributed by atoms with E-state index in [2.05, 4.69) is 25.6 Å². The first-order valence-corrected chi connectivity index (χ1v) is 8.96. The van der Waals surface area contributed by atoms with Crippen LogP contribution in [0.2, 0.25) is 0 Å². The normalized spacial score (nSPS) is 13.6. The molecule has 0 saturated heterocycles. The minimum atomic E-state index is -3.52. The number of sulfonamides is 1. The Bertz CT molecular complexity index is 716. The van der Waals surface area contributed by atoms with Crippen molar-refractivity contribution in [2.75, 3.05) is 11.9 Å². The molecule has 20 heavy (non-hydrogen) atoms. The van der Waals surface area contributed by atoms with Gasteiger partial charge in [0.05, 0.1) is 10.4 Å². The lowest BCUT2D eigenvalue weighted by Crippen LogP contribution is -2.29. The molecule has 1 aromatic carbocycles. The first kappa shape index (κ1) is 15.4. The van der Waals surface area contributed by atoms with E-state index < -0.39 is 10.0 Å². The molecule has 0 saturated carbocycles. The van der Waals surface area contributed by atoms with Crippen LogP contribution in [0.5, 0.6) is 0 Å². The van der Waals surface area contributed by atoms with Gasteiger partial charge in [-0.15, -0.1) is 0 Å². The molecule has 1 heterocycles. The third-order valence-corrected chi connectivity index (χ3v) is 5.69. The van der Waals surface area contributed by atoms with Gasteiger partial charge in [-0.2, -0.15) is 0 Å². The second kappa shape index (κ2) is 6.20. The number of pyridine rings is 1. The number of benzene rings is 1. The van der Waals surface area contributed by atoms with Gasteiger partial charge in [0.25, 0.3) is 0 Å². The van der Waals surface area contributed by atoms with Crippen molar-refractivity contribution in [1.82, 2.24) is 9.71 Å². The first-order chi connectivity index (χ1) is 9.45. The van der Waals surface area contributed by atoms with Gasteiger partial charge >= 0.3 is 0 Å². The van der Waals surface area contributed by atoms with Crippen LogP contribution >= 0.6 is 15.9 Å². The number of alkyl halides is 1. The Morgan fingerprint density at radius 1 is 1.35 bits per heavy atom. The van der Waals surface area contributed by atoms with Crippen LogP contribution in [0.15, 0.2) is 35.4 Å². The zero-order chi connectivity index (χ0) is 14.8. The van der Waals surface area contributed by atoms with Crippen molar-refractivity contribution in [3.8, 4) is 0 Å². The second-order valence-corrected chi connectivity index (χ2v) is 7.27. The summed E-state index contributed by atoms with van der Waals surface area (Å²) < 4.78 is 27.5. The number of hydrogen-bond acceptors (Lipinski definition) is 3. The molecule has 0 aliphatic heterocycles. The summed E-state index contributed by atoms with van der Waals surface area (Å²) in [5.41, 5.74) is 1.69. The third kappa shape index (κ3) is 3.19. The fourth-order valence-corrected chi connectivity index (χ4v) is 3.50. The summed E-state index contributed by atoms with van der Waals surface area (Å²) >= 11 is 3.34. The van der Waals surface area contributed by atoms with Crippen molar-refractivity contribution in [2.45, 2.75) is 18.7 Å². The van der Waals surface area contributed by atoms with Crippen molar-refractivity contribution < 1.29 is 8.42 Å². The molecular weight excluding hydrogens is 340 g/mol. The Morgan fingerprint density at radius 3 is 2.80 bits per heavy atom. The Morgan fingerprint density at radius 2 is 2.10 bits per heavy atom. The molecular formula is C14H17BrN2O2S. The highest BCUT2D eigenvalue weighted by molar-refractivity contribution is 9.09. The molecule has 1 aromatic heterocycles. The number of rotatable bonds is 5. The van der Waals surface area contributed by atoms with E-state index >= 15 is 0 Å². The Kier molecular flexibility index (Phi) is 4.78. The minimum Gasteiger partial charge on any atom is -0.256 e. The largest absolute Gasteiger partial charge is 0.256 e. The van der Waals surface area contributed by atoms with E-state index in [9.17, 15) is 8.42 Å². The Balaban J connectivity index is 2.45. The maximum atomic E-state index is 12.4. The van der Waals surface area contributed by atoms with Gasteiger partial charge in [-0.25, -0.2) is 13.1 Å². The highest BCUT2D eigenvalue weighted by Gasteiger charge is 2.18. The molecule has 0 spiro atoms. The predicted molar refractivity (Wildman–Crippen MR) is 84.6 cm³/mol. The van der Waals surface area contributed by atoms with Crippen LogP contribution in [0.1, 0.15) is 12.5 Å². The highest BCUT2D eigenvalue weighted by atomic mass is 79.9. The van der Waals surface area contributed by atoms with Gasteiger partial charge in [-0.05, 0) is 36.6 Å². The Hall–Kier alpha value is -0.980. The van der Waals surface area contributed by atoms with Gasteiger partial charge in [0.1, 0.15) is 0 Å². The fraction of sp³-hybridized carbons (Fsp3) is 0.357. The van der Waals surface area contributed by atoms with Crippen LogP contribution in [0.4, 0.5) is 0 Å². The van der Waals surface area contributed by atoms with Gasteiger partial charge in [0, 0.05) is 23.5 Å². The van der Waals surface area contributed by atoms with Gasteiger partial charge in [-0.3, -0.25) is 4.98 Å². The topological polar surface area (TPSA) is 59.1 Å². The van der Waals surface area contributed by atoms with Crippen molar-refractivity contribution >= 4 is 36.9 Å². The molecule has 0 bridgehead atoms. The monoisotopic (exact) mass is 356 g/mol. The zero-order valence-corrected chi connectivity index (χ0v) is 13.8. The summed E-state index contributed by atoms with van der Waals surface area (Å²) in [7, 11) is -3.52. The summed E-state index contributed by atoms with van der Waals surface area (Å²) in [5.74, 6) is 0.236. The van der Waals surface area contributed by atoms with E-state index in [1.54, 1.807) is 30.5 Å². The van der Waals surface area contributed by atoms with Gasteiger partial charge in [-0.1, -0.05) is 28.9 Å². The maximum Gasteiger partial charge on any atom is 0.241 e. The number of nitrogens with one attached hydrogen (secondary N) is 1. The number of aryl methyl sites for hydroxylation is 1. The second-order valence-electron chi connectivity index (χ2n) is 4.89. The summed E-state index contributed by atoms with van der Waals surface area (Å²) in [6.45, 7) is 4.31. The lowest BCUT2D eigenvalue weighted by Gasteiger charge is -2.12. The van der Waals surface area contributed by atoms with Crippen LogP contribution in [-0.4, -0.2) is 25.3 Å². The lowest BCUT2D eigenvalue weighted by atomic mass is 10.1. The molecule has 6 heteroatoms. The predicted octanol–water partition coefficient (Wildman–Crippen LogP) is 2.85. The first-order valence-electron chi connectivity index (χ1n) is 6.35. The van der Waals surface area contributed by atoms with E-state index in [4.69, 9.17) is 0 Å². The minimum absolute atomic E-state index is 0.236. The number of aromatic nitrogens is 1. The van der Waals surface area contributed by atoms with Gasteiger partial charge < -0.3 is 0 Å². The zero-order valence-electron chi connectivity index (χ0n) is 11.4. The Labute approximate surface area is 127 Å². The van der Waals surface area contributed by atoms with Gasteiger partial charge in [0.2, 0.25) is 10.0 Å². The molecule has 0 amide bonds. The molecule has 1 unspecified atom stereocenters.